The minimum absolute atomic E-state index is 0.139. The van der Waals surface area contributed by atoms with Crippen LogP contribution in [-0.2, 0) is 0 Å². The molecule has 3 rings (SSSR count). The first-order valence-corrected chi connectivity index (χ1v) is 9.46. The van der Waals surface area contributed by atoms with Gasteiger partial charge in [-0.05, 0) is 67.9 Å². The number of nitrogens with one attached hydrogen (secondary N) is 2. The van der Waals surface area contributed by atoms with Gasteiger partial charge in [0.15, 0.2) is 0 Å². The summed E-state index contributed by atoms with van der Waals surface area (Å²) in [5, 5.41) is 5.67. The Bertz CT molecular complexity index is 988. The first-order valence-electron chi connectivity index (χ1n) is 9.46. The van der Waals surface area contributed by atoms with Crippen molar-refractivity contribution < 1.29 is 9.53 Å². The van der Waals surface area contributed by atoms with Crippen LogP contribution < -0.4 is 15.4 Å². The van der Waals surface area contributed by atoms with Crippen LogP contribution in [0.3, 0.4) is 0 Å². The van der Waals surface area contributed by atoms with Crippen LogP contribution in [0.4, 0.5) is 10.5 Å². The van der Waals surface area contributed by atoms with E-state index in [-0.39, 0.29) is 12.1 Å². The number of benzene rings is 2. The van der Waals surface area contributed by atoms with Gasteiger partial charge in [0.05, 0.1) is 24.5 Å². The molecule has 0 aliphatic rings. The number of carbonyl (C=O) groups excluding carboxylic acids is 1. The van der Waals surface area contributed by atoms with Gasteiger partial charge in [-0.2, -0.15) is 0 Å². The Morgan fingerprint density at radius 3 is 2.28 bits per heavy atom. The lowest BCUT2D eigenvalue weighted by Gasteiger charge is -2.15. The van der Waals surface area contributed by atoms with E-state index >= 15 is 0 Å². The van der Waals surface area contributed by atoms with Gasteiger partial charge in [-0.15, -0.1) is 0 Å². The molecule has 0 aliphatic heterocycles. The fraction of sp³-hybridized carbons (Fsp3) is 0.167. The molecule has 5 nitrogen and oxygen atoms in total. The van der Waals surface area contributed by atoms with Gasteiger partial charge >= 0.3 is 6.03 Å². The number of rotatable bonds is 5. The van der Waals surface area contributed by atoms with Crippen LogP contribution >= 0.6 is 0 Å². The van der Waals surface area contributed by atoms with Crippen LogP contribution in [0.5, 0.6) is 5.75 Å². The summed E-state index contributed by atoms with van der Waals surface area (Å²) < 4.78 is 5.43. The van der Waals surface area contributed by atoms with Crippen molar-refractivity contribution in [1.29, 1.82) is 0 Å². The number of aromatic nitrogens is 1. The fourth-order valence-corrected chi connectivity index (χ4v) is 2.68. The molecular weight excluding hydrogens is 362 g/mol. The maximum Gasteiger partial charge on any atom is 0.319 e. The lowest BCUT2D eigenvalue weighted by molar-refractivity contribution is 0.249. The van der Waals surface area contributed by atoms with Crippen molar-refractivity contribution in [3.8, 4) is 17.6 Å². The van der Waals surface area contributed by atoms with Gasteiger partial charge in [0.2, 0.25) is 0 Å². The van der Waals surface area contributed by atoms with Crippen molar-refractivity contribution in [1.82, 2.24) is 10.3 Å². The fourth-order valence-electron chi connectivity index (χ4n) is 2.68. The van der Waals surface area contributed by atoms with E-state index in [9.17, 15) is 4.79 Å². The van der Waals surface area contributed by atoms with Crippen molar-refractivity contribution >= 4 is 11.7 Å². The Kier molecular flexibility index (Phi) is 6.85. The molecule has 1 atom stereocenters. The largest absolute Gasteiger partial charge is 0.494 e. The van der Waals surface area contributed by atoms with Crippen LogP contribution in [0.25, 0.3) is 0 Å². The van der Waals surface area contributed by atoms with Gasteiger partial charge in [0.1, 0.15) is 5.75 Å². The normalized spacial score (nSPS) is 11.0. The summed E-state index contributed by atoms with van der Waals surface area (Å²) in [4.78, 5) is 16.1. The highest BCUT2D eigenvalue weighted by molar-refractivity contribution is 5.89. The molecule has 3 aromatic rings. The quantitative estimate of drug-likeness (QED) is 0.622. The van der Waals surface area contributed by atoms with Crippen LogP contribution in [0.2, 0.25) is 0 Å². The summed E-state index contributed by atoms with van der Waals surface area (Å²) in [5.41, 5.74) is 3.49. The van der Waals surface area contributed by atoms with Crippen molar-refractivity contribution in [2.75, 3.05) is 11.9 Å². The summed E-state index contributed by atoms with van der Waals surface area (Å²) in [7, 11) is 0. The summed E-state index contributed by atoms with van der Waals surface area (Å²) in [6, 6.07) is 18.7. The van der Waals surface area contributed by atoms with Gasteiger partial charge in [-0.3, -0.25) is 4.98 Å². The molecule has 146 valence electrons. The van der Waals surface area contributed by atoms with E-state index < -0.39 is 0 Å². The number of ether oxygens (including phenoxy) is 1. The molecule has 0 saturated heterocycles. The van der Waals surface area contributed by atoms with Crippen molar-refractivity contribution in [2.24, 2.45) is 0 Å². The molecule has 0 aliphatic carbocycles. The average Bonchev–Trinajstić information content (AvgIpc) is 2.74. The summed E-state index contributed by atoms with van der Waals surface area (Å²) in [6.45, 7) is 4.54. The van der Waals surface area contributed by atoms with E-state index in [2.05, 4.69) is 27.5 Å². The first kappa shape index (κ1) is 20.0. The maximum atomic E-state index is 12.1. The van der Waals surface area contributed by atoms with Gasteiger partial charge < -0.3 is 15.4 Å². The molecule has 0 radical (unpaired) electrons. The summed E-state index contributed by atoms with van der Waals surface area (Å²) >= 11 is 0. The molecule has 2 N–H and O–H groups in total. The Morgan fingerprint density at radius 2 is 1.69 bits per heavy atom. The molecule has 2 amide bonds. The number of hydrogen-bond donors (Lipinski definition) is 2. The second-order valence-electron chi connectivity index (χ2n) is 6.39. The highest BCUT2D eigenvalue weighted by Gasteiger charge is 2.09. The zero-order valence-electron chi connectivity index (χ0n) is 16.5. The highest BCUT2D eigenvalue weighted by atomic mass is 16.5. The number of pyridine rings is 1. The van der Waals surface area contributed by atoms with E-state index in [4.69, 9.17) is 4.74 Å². The van der Waals surface area contributed by atoms with Crippen LogP contribution in [0, 0.1) is 11.8 Å². The number of anilines is 1. The number of nitrogens with zero attached hydrogens (tertiary/aromatic N) is 1. The third kappa shape index (κ3) is 6.12. The second-order valence-corrected chi connectivity index (χ2v) is 6.39. The van der Waals surface area contributed by atoms with Gasteiger partial charge in [0, 0.05) is 17.3 Å². The van der Waals surface area contributed by atoms with E-state index in [1.807, 2.05) is 62.4 Å². The average molecular weight is 385 g/mol. The minimum Gasteiger partial charge on any atom is -0.494 e. The molecule has 0 fully saturated rings. The van der Waals surface area contributed by atoms with E-state index in [1.165, 1.54) is 0 Å². The predicted molar refractivity (Wildman–Crippen MR) is 115 cm³/mol. The second kappa shape index (κ2) is 9.95. The minimum atomic E-state index is -0.273. The standard InChI is InChI=1S/C24H23N3O2/c1-3-29-23-14-10-20(11-15-23)7-6-19-8-12-21(13-9-19)18(2)26-24(28)27-22-5-4-16-25-17-22/h4-5,8-18H,3H2,1-2H3,(H2,26,27,28). The molecule has 5 heteroatoms. The van der Waals surface area contributed by atoms with E-state index in [0.29, 0.717) is 12.3 Å². The summed E-state index contributed by atoms with van der Waals surface area (Å²) in [6.07, 6.45) is 3.26. The predicted octanol–water partition coefficient (Wildman–Crippen LogP) is 4.76. The smallest absolute Gasteiger partial charge is 0.319 e. The number of hydrogen-bond acceptors (Lipinski definition) is 3. The first-order chi connectivity index (χ1) is 14.1. The third-order valence-corrected chi connectivity index (χ3v) is 4.19. The Hall–Kier alpha value is -3.78. The molecular formula is C24H23N3O2. The molecule has 0 bridgehead atoms. The molecule has 1 aromatic heterocycles. The van der Waals surface area contributed by atoms with Gasteiger partial charge in [-0.1, -0.05) is 24.0 Å². The topological polar surface area (TPSA) is 63.2 Å². The van der Waals surface area contributed by atoms with Crippen LogP contribution in [0.1, 0.15) is 36.6 Å². The zero-order valence-corrected chi connectivity index (χ0v) is 16.5. The number of carbonyl (C=O) groups is 1. The Labute approximate surface area is 171 Å². The van der Waals surface area contributed by atoms with Crippen molar-refractivity contribution in [3.05, 3.63) is 89.7 Å². The van der Waals surface area contributed by atoms with E-state index in [0.717, 1.165) is 22.4 Å². The third-order valence-electron chi connectivity index (χ3n) is 4.19. The molecule has 29 heavy (non-hydrogen) atoms. The highest BCUT2D eigenvalue weighted by Crippen LogP contribution is 2.14. The maximum absolute atomic E-state index is 12.1. The molecule has 0 saturated carbocycles. The monoisotopic (exact) mass is 385 g/mol. The molecule has 1 unspecified atom stereocenters. The Morgan fingerprint density at radius 1 is 1.03 bits per heavy atom. The lowest BCUT2D eigenvalue weighted by Crippen LogP contribution is -2.31. The van der Waals surface area contributed by atoms with Crippen LogP contribution in [-0.4, -0.2) is 17.6 Å². The molecule has 2 aromatic carbocycles. The van der Waals surface area contributed by atoms with E-state index in [1.54, 1.807) is 24.5 Å². The number of urea groups is 1. The lowest BCUT2D eigenvalue weighted by atomic mass is 10.1. The van der Waals surface area contributed by atoms with Crippen molar-refractivity contribution in [3.63, 3.8) is 0 Å². The van der Waals surface area contributed by atoms with Gasteiger partial charge in [-0.25, -0.2) is 4.79 Å². The SMILES string of the molecule is CCOc1ccc(C#Cc2ccc(C(C)NC(=O)Nc3cccnc3)cc2)cc1. The molecule has 0 spiro atoms. The summed E-state index contributed by atoms with van der Waals surface area (Å²) in [5.74, 6) is 7.15. The number of amides is 2. The zero-order chi connectivity index (χ0) is 20.5. The van der Waals surface area contributed by atoms with Crippen molar-refractivity contribution in [2.45, 2.75) is 19.9 Å². The van der Waals surface area contributed by atoms with Crippen LogP contribution in [0.15, 0.2) is 73.1 Å². The van der Waals surface area contributed by atoms with Gasteiger partial charge in [0.25, 0.3) is 0 Å². The Balaban J connectivity index is 1.57. The molecule has 1 heterocycles.